The highest BCUT2D eigenvalue weighted by Crippen LogP contribution is 2.41. The number of halogens is 1. The summed E-state index contributed by atoms with van der Waals surface area (Å²) in [5.41, 5.74) is 4.63. The molecule has 1 fully saturated rings. The van der Waals surface area contributed by atoms with Gasteiger partial charge < -0.3 is 15.4 Å². The summed E-state index contributed by atoms with van der Waals surface area (Å²) in [6.45, 7) is 13.8. The van der Waals surface area contributed by atoms with Crippen molar-refractivity contribution in [3.8, 4) is 6.07 Å². The molecule has 9 heteroatoms. The summed E-state index contributed by atoms with van der Waals surface area (Å²) in [5, 5.41) is 21.4. The van der Waals surface area contributed by atoms with E-state index in [0.29, 0.717) is 0 Å². The smallest absolute Gasteiger partial charge is 0.291 e. The van der Waals surface area contributed by atoms with Crippen molar-refractivity contribution >= 4 is 29.6 Å². The van der Waals surface area contributed by atoms with Crippen LogP contribution in [0.2, 0.25) is 0 Å². The van der Waals surface area contributed by atoms with Gasteiger partial charge in [0.15, 0.2) is 5.82 Å². The highest BCUT2D eigenvalue weighted by molar-refractivity contribution is 6.03. The normalized spacial score (nSPS) is 18.4. The Labute approximate surface area is 226 Å². The Morgan fingerprint density at radius 3 is 2.59 bits per heavy atom. The van der Waals surface area contributed by atoms with E-state index in [1.807, 2.05) is 12.1 Å². The molecule has 1 amide bonds. The number of rotatable bonds is 7. The first-order valence-electron chi connectivity index (χ1n) is 12.8. The molecule has 1 aromatic carbocycles. The number of anilines is 1. The van der Waals surface area contributed by atoms with Gasteiger partial charge in [-0.3, -0.25) is 14.6 Å². The molecule has 1 saturated heterocycles. The molecule has 2 heterocycles. The fourth-order valence-corrected chi connectivity index (χ4v) is 5.15. The van der Waals surface area contributed by atoms with Crippen molar-refractivity contribution in [2.24, 2.45) is 5.41 Å². The second-order valence-electron chi connectivity index (χ2n) is 11.2. The maximum Gasteiger partial charge on any atom is 0.291 e. The summed E-state index contributed by atoms with van der Waals surface area (Å²) in [5.74, 6) is -0.233. The van der Waals surface area contributed by atoms with Gasteiger partial charge in [0.25, 0.3) is 5.91 Å². The number of nitriles is 1. The van der Waals surface area contributed by atoms with Gasteiger partial charge in [0.05, 0.1) is 12.8 Å². The van der Waals surface area contributed by atoms with E-state index in [2.05, 4.69) is 71.0 Å². The molecule has 8 nitrogen and oxygen atoms in total. The van der Waals surface area contributed by atoms with Gasteiger partial charge in [-0.2, -0.15) is 5.26 Å². The number of aromatic amines is 1. The summed E-state index contributed by atoms with van der Waals surface area (Å²) >= 11 is 0. The summed E-state index contributed by atoms with van der Waals surface area (Å²) < 4.78 is 0. The molecular formula is C28H39ClN6O2. The Morgan fingerprint density at radius 2 is 2.00 bits per heavy atom. The summed E-state index contributed by atoms with van der Waals surface area (Å²) in [7, 11) is 0. The van der Waals surface area contributed by atoms with E-state index in [9.17, 15) is 9.90 Å². The molecule has 4 rings (SSSR count). The molecule has 0 atom stereocenters. The quantitative estimate of drug-likeness (QED) is 0.493. The molecule has 2 aromatic rings. The number of hydrogen-bond acceptors (Lipinski definition) is 6. The number of carbonyl (C=O) groups is 1. The molecule has 0 saturated carbocycles. The summed E-state index contributed by atoms with van der Waals surface area (Å²) in [4.78, 5) is 24.5. The minimum absolute atomic E-state index is 0. The fourth-order valence-electron chi connectivity index (χ4n) is 5.15. The topological polar surface area (TPSA) is 108 Å². The minimum atomic E-state index is -0.360. The lowest BCUT2D eigenvalue weighted by atomic mass is 9.76. The first-order valence-corrected chi connectivity index (χ1v) is 12.8. The number of nitrogens with one attached hydrogen (secondary N) is 2. The van der Waals surface area contributed by atoms with Crippen LogP contribution in [0, 0.1) is 16.7 Å². The Hall–Kier alpha value is -2.70. The van der Waals surface area contributed by atoms with Crippen LogP contribution in [-0.4, -0.2) is 70.1 Å². The number of β-amino-alcohol motifs (C(OH)–C–C–N with tert-alkyl or cyclic N) is 1. The molecule has 0 spiro atoms. The van der Waals surface area contributed by atoms with Gasteiger partial charge in [-0.05, 0) is 61.8 Å². The Balaban J connectivity index is 0.00000380. The van der Waals surface area contributed by atoms with Crippen molar-refractivity contribution in [2.75, 3.05) is 44.6 Å². The average Bonchev–Trinajstić information content (AvgIpc) is 3.35. The zero-order valence-corrected chi connectivity index (χ0v) is 23.1. The zero-order chi connectivity index (χ0) is 25.9. The number of piperazine rings is 1. The van der Waals surface area contributed by atoms with E-state index in [1.165, 1.54) is 17.3 Å². The van der Waals surface area contributed by atoms with Crippen molar-refractivity contribution in [1.29, 1.82) is 5.26 Å². The number of allylic oxidation sites excluding steroid dienone is 2. The van der Waals surface area contributed by atoms with Crippen molar-refractivity contribution in [3.05, 3.63) is 53.1 Å². The van der Waals surface area contributed by atoms with Crippen LogP contribution >= 0.6 is 12.4 Å². The lowest BCUT2D eigenvalue weighted by Gasteiger charge is -2.44. The first kappa shape index (κ1) is 28.9. The number of aliphatic hydroxyl groups is 1. The molecule has 37 heavy (non-hydrogen) atoms. The number of hydrogen-bond donors (Lipinski definition) is 3. The predicted octanol–water partition coefficient (Wildman–Crippen LogP) is 4.39. The molecule has 2 aliphatic rings. The van der Waals surface area contributed by atoms with E-state index in [-0.39, 0.29) is 47.4 Å². The number of carbonyl (C=O) groups excluding carboxylic acids is 1. The third kappa shape index (κ3) is 6.60. The highest BCUT2D eigenvalue weighted by atomic mass is 35.5. The first-order chi connectivity index (χ1) is 17.1. The SMILES string of the molecule is CC1(C)CC=C(c2cc(C(C)(C)N3CCN(CCO)CC3)ccc2NC(=O)c2ncc(C#N)[nH]2)CC1.Cl. The lowest BCUT2D eigenvalue weighted by Crippen LogP contribution is -2.53. The fraction of sp³-hybridized carbons (Fsp3) is 0.536. The van der Waals surface area contributed by atoms with Gasteiger partial charge in [0, 0.05) is 49.5 Å². The van der Waals surface area contributed by atoms with Gasteiger partial charge in [0.1, 0.15) is 11.8 Å². The predicted molar refractivity (Wildman–Crippen MR) is 149 cm³/mol. The maximum atomic E-state index is 12.9. The molecule has 1 aliphatic heterocycles. The molecular weight excluding hydrogens is 488 g/mol. The van der Waals surface area contributed by atoms with Crippen LogP contribution in [0.5, 0.6) is 0 Å². The monoisotopic (exact) mass is 526 g/mol. The van der Waals surface area contributed by atoms with Gasteiger partial charge in [0.2, 0.25) is 0 Å². The van der Waals surface area contributed by atoms with E-state index < -0.39 is 0 Å². The highest BCUT2D eigenvalue weighted by Gasteiger charge is 2.32. The molecule has 200 valence electrons. The van der Waals surface area contributed by atoms with Crippen molar-refractivity contribution in [3.63, 3.8) is 0 Å². The van der Waals surface area contributed by atoms with Crippen molar-refractivity contribution in [2.45, 2.75) is 52.5 Å². The van der Waals surface area contributed by atoms with E-state index >= 15 is 0 Å². The molecule has 1 aromatic heterocycles. The van der Waals surface area contributed by atoms with Gasteiger partial charge in [-0.1, -0.05) is 26.0 Å². The van der Waals surface area contributed by atoms with Gasteiger partial charge in [-0.25, -0.2) is 4.98 Å². The van der Waals surface area contributed by atoms with Crippen LogP contribution in [0.25, 0.3) is 5.57 Å². The van der Waals surface area contributed by atoms with Gasteiger partial charge in [-0.15, -0.1) is 12.4 Å². The standard InChI is InChI=1S/C28H38N6O2.ClH/c1-27(2)9-7-20(8-10-27)23-17-21(28(3,4)34-13-11-33(12-14-34)15-16-35)5-6-24(23)32-26(36)25-30-19-22(18-29)31-25;/h5-7,17,19,35H,8-16H2,1-4H3,(H,30,31)(H,32,36);1H. The average molecular weight is 527 g/mol. The number of aromatic nitrogens is 2. The lowest BCUT2D eigenvalue weighted by molar-refractivity contribution is 0.0439. The molecule has 1 aliphatic carbocycles. The number of H-pyrrole nitrogens is 1. The largest absolute Gasteiger partial charge is 0.395 e. The van der Waals surface area contributed by atoms with Crippen LogP contribution in [0.3, 0.4) is 0 Å². The van der Waals surface area contributed by atoms with Crippen LogP contribution in [-0.2, 0) is 5.54 Å². The zero-order valence-electron chi connectivity index (χ0n) is 22.3. The minimum Gasteiger partial charge on any atom is -0.395 e. The molecule has 0 bridgehead atoms. The number of benzene rings is 1. The Morgan fingerprint density at radius 1 is 1.27 bits per heavy atom. The van der Waals surface area contributed by atoms with E-state index in [1.54, 1.807) is 0 Å². The van der Waals surface area contributed by atoms with Crippen LogP contribution in [0.4, 0.5) is 5.69 Å². The van der Waals surface area contributed by atoms with Crippen molar-refractivity contribution in [1.82, 2.24) is 19.8 Å². The van der Waals surface area contributed by atoms with Crippen LogP contribution in [0.1, 0.15) is 74.4 Å². The maximum absolute atomic E-state index is 12.9. The van der Waals surface area contributed by atoms with Crippen molar-refractivity contribution < 1.29 is 9.90 Å². The van der Waals surface area contributed by atoms with E-state index in [0.717, 1.165) is 63.2 Å². The third-order valence-corrected chi connectivity index (χ3v) is 7.78. The number of imidazole rings is 1. The second-order valence-corrected chi connectivity index (χ2v) is 11.2. The van der Waals surface area contributed by atoms with Gasteiger partial charge >= 0.3 is 0 Å². The molecule has 0 unspecified atom stereocenters. The molecule has 3 N–H and O–H groups in total. The van der Waals surface area contributed by atoms with Crippen LogP contribution < -0.4 is 5.32 Å². The Bertz CT molecular complexity index is 1170. The summed E-state index contributed by atoms with van der Waals surface area (Å²) in [6, 6.07) is 8.32. The van der Waals surface area contributed by atoms with E-state index in [4.69, 9.17) is 5.26 Å². The summed E-state index contributed by atoms with van der Waals surface area (Å²) in [6.07, 6.45) is 6.74. The second kappa shape index (κ2) is 11.8. The number of amides is 1. The number of aliphatic hydroxyl groups excluding tert-OH is 1. The molecule has 0 radical (unpaired) electrons. The third-order valence-electron chi connectivity index (χ3n) is 7.78. The Kier molecular flexibility index (Phi) is 9.19. The van der Waals surface area contributed by atoms with Crippen LogP contribution in [0.15, 0.2) is 30.5 Å². The number of nitrogens with zero attached hydrogens (tertiary/aromatic N) is 4.